The summed E-state index contributed by atoms with van der Waals surface area (Å²) in [4.78, 5) is 22.3. The van der Waals surface area contributed by atoms with E-state index in [1.165, 1.54) is 12.0 Å². The van der Waals surface area contributed by atoms with Crippen molar-refractivity contribution >= 4 is 28.1 Å². The highest BCUT2D eigenvalue weighted by atomic mass is 32.1. The number of amides is 1. The van der Waals surface area contributed by atoms with Crippen molar-refractivity contribution in [3.8, 4) is 0 Å². The third-order valence-corrected chi connectivity index (χ3v) is 6.93. The second-order valence-corrected chi connectivity index (χ2v) is 8.39. The fraction of sp³-hybridized carbons (Fsp3) is 0.381. The number of thiophene rings is 1. The third kappa shape index (κ3) is 2.85. The minimum atomic E-state index is 0.172. The molecule has 0 atom stereocenters. The number of likely N-dealkylation sites (tertiary alicyclic amines) is 1. The molecule has 134 valence electrons. The second-order valence-electron chi connectivity index (χ2n) is 7.39. The van der Waals surface area contributed by atoms with Gasteiger partial charge in [-0.3, -0.25) is 9.69 Å². The molecule has 5 heteroatoms. The van der Waals surface area contributed by atoms with Crippen molar-refractivity contribution in [1.29, 1.82) is 0 Å². The molecule has 0 saturated carbocycles. The van der Waals surface area contributed by atoms with Crippen LogP contribution in [0.2, 0.25) is 0 Å². The van der Waals surface area contributed by atoms with Crippen LogP contribution in [0.25, 0.3) is 10.9 Å². The molecule has 5 rings (SSSR count). The summed E-state index contributed by atoms with van der Waals surface area (Å²) in [5.41, 5.74) is 3.40. The number of rotatable bonds is 2. The van der Waals surface area contributed by atoms with Crippen LogP contribution < -0.4 is 0 Å². The number of H-pyrrole nitrogens is 1. The maximum atomic E-state index is 12.9. The molecule has 0 spiro atoms. The maximum Gasteiger partial charge on any atom is 0.253 e. The van der Waals surface area contributed by atoms with Crippen LogP contribution in [0.1, 0.15) is 33.6 Å². The van der Waals surface area contributed by atoms with Crippen molar-refractivity contribution in [2.45, 2.75) is 31.8 Å². The quantitative estimate of drug-likeness (QED) is 0.748. The lowest BCUT2D eigenvalue weighted by Gasteiger charge is -2.40. The lowest BCUT2D eigenvalue weighted by atomic mass is 9.99. The summed E-state index contributed by atoms with van der Waals surface area (Å²) in [6.45, 7) is 3.97. The minimum Gasteiger partial charge on any atom is -0.361 e. The monoisotopic (exact) mass is 365 g/mol. The molecule has 1 saturated heterocycles. The Balaban J connectivity index is 1.23. The minimum absolute atomic E-state index is 0.172. The number of hydrogen-bond acceptors (Lipinski definition) is 3. The highest BCUT2D eigenvalue weighted by Crippen LogP contribution is 2.28. The molecule has 0 unspecified atom stereocenters. The third-order valence-electron chi connectivity index (χ3n) is 5.91. The molecule has 1 amide bonds. The molecule has 2 aliphatic heterocycles. The van der Waals surface area contributed by atoms with Crippen LogP contribution in [0, 0.1) is 0 Å². The van der Waals surface area contributed by atoms with Gasteiger partial charge in [-0.15, -0.1) is 11.3 Å². The zero-order chi connectivity index (χ0) is 17.5. The van der Waals surface area contributed by atoms with Gasteiger partial charge < -0.3 is 9.88 Å². The van der Waals surface area contributed by atoms with Crippen molar-refractivity contribution in [2.24, 2.45) is 0 Å². The van der Waals surface area contributed by atoms with Gasteiger partial charge in [0, 0.05) is 59.8 Å². The summed E-state index contributed by atoms with van der Waals surface area (Å²) in [5.74, 6) is 0.172. The molecular formula is C21H23N3OS. The topological polar surface area (TPSA) is 39.3 Å². The van der Waals surface area contributed by atoms with Crippen LogP contribution in [0.5, 0.6) is 0 Å². The summed E-state index contributed by atoms with van der Waals surface area (Å²) in [6, 6.07) is 10.9. The SMILES string of the molecule is O=C(c1ccc2[nH]ccc2c1)N1CCC(N2CCc3sccc3C2)CC1. The van der Waals surface area contributed by atoms with Crippen molar-refractivity contribution in [3.63, 3.8) is 0 Å². The number of piperidine rings is 1. The van der Waals surface area contributed by atoms with Crippen molar-refractivity contribution in [1.82, 2.24) is 14.8 Å². The van der Waals surface area contributed by atoms with Gasteiger partial charge in [-0.1, -0.05) is 0 Å². The summed E-state index contributed by atoms with van der Waals surface area (Å²) in [6.07, 6.45) is 5.26. The number of carbonyl (C=O) groups excluding carboxylic acids is 1. The normalized spacial score (nSPS) is 19.0. The van der Waals surface area contributed by atoms with Gasteiger partial charge in [0.1, 0.15) is 0 Å². The largest absolute Gasteiger partial charge is 0.361 e. The standard InChI is InChI=1S/C21H23N3OS/c25-21(16-1-2-19-15(13-16)3-8-22-19)23-9-4-18(5-10-23)24-11-6-20-17(14-24)7-12-26-20/h1-3,7-8,12-13,18,22H,4-6,9-11,14H2. The van der Waals surface area contributed by atoms with Gasteiger partial charge in [0.05, 0.1) is 0 Å². The van der Waals surface area contributed by atoms with Gasteiger partial charge >= 0.3 is 0 Å². The Morgan fingerprint density at radius 3 is 2.88 bits per heavy atom. The van der Waals surface area contributed by atoms with Gasteiger partial charge in [-0.05, 0) is 60.5 Å². The van der Waals surface area contributed by atoms with E-state index in [-0.39, 0.29) is 5.91 Å². The van der Waals surface area contributed by atoms with E-state index in [1.807, 2.05) is 46.7 Å². The van der Waals surface area contributed by atoms with E-state index < -0.39 is 0 Å². The molecule has 0 radical (unpaired) electrons. The first kappa shape index (κ1) is 16.1. The molecule has 4 nitrogen and oxygen atoms in total. The van der Waals surface area contributed by atoms with E-state index in [0.717, 1.165) is 55.5 Å². The summed E-state index contributed by atoms with van der Waals surface area (Å²) >= 11 is 1.90. The van der Waals surface area contributed by atoms with Gasteiger partial charge in [-0.2, -0.15) is 0 Å². The number of aromatic nitrogens is 1. The van der Waals surface area contributed by atoms with Gasteiger partial charge in [0.25, 0.3) is 5.91 Å². The van der Waals surface area contributed by atoms with E-state index in [2.05, 4.69) is 21.3 Å². The van der Waals surface area contributed by atoms with E-state index in [1.54, 1.807) is 4.88 Å². The first-order valence-electron chi connectivity index (χ1n) is 9.43. The van der Waals surface area contributed by atoms with Crippen molar-refractivity contribution < 1.29 is 4.79 Å². The molecule has 1 fully saturated rings. The summed E-state index contributed by atoms with van der Waals surface area (Å²) < 4.78 is 0. The summed E-state index contributed by atoms with van der Waals surface area (Å²) in [7, 11) is 0. The average Bonchev–Trinajstić information content (AvgIpc) is 3.35. The molecule has 4 heterocycles. The number of carbonyl (C=O) groups is 1. The molecule has 1 N–H and O–H groups in total. The Morgan fingerprint density at radius 2 is 2.00 bits per heavy atom. The fourth-order valence-corrected chi connectivity index (χ4v) is 5.27. The molecular weight excluding hydrogens is 342 g/mol. The highest BCUT2D eigenvalue weighted by Gasteiger charge is 2.29. The molecule has 26 heavy (non-hydrogen) atoms. The summed E-state index contributed by atoms with van der Waals surface area (Å²) in [5, 5.41) is 3.32. The van der Waals surface area contributed by atoms with Gasteiger partial charge in [-0.25, -0.2) is 0 Å². The Labute approximate surface area is 157 Å². The number of hydrogen-bond donors (Lipinski definition) is 1. The Hall–Kier alpha value is -2.11. The Kier molecular flexibility index (Phi) is 4.06. The smallest absolute Gasteiger partial charge is 0.253 e. The molecule has 0 aliphatic carbocycles. The first-order valence-corrected chi connectivity index (χ1v) is 10.3. The molecule has 0 bridgehead atoms. The first-order chi connectivity index (χ1) is 12.8. The Morgan fingerprint density at radius 1 is 1.12 bits per heavy atom. The molecule has 2 aliphatic rings. The molecule has 2 aromatic heterocycles. The average molecular weight is 366 g/mol. The van der Waals surface area contributed by atoms with Gasteiger partial charge in [0.15, 0.2) is 0 Å². The fourth-order valence-electron chi connectivity index (χ4n) is 4.38. The van der Waals surface area contributed by atoms with E-state index in [4.69, 9.17) is 0 Å². The number of nitrogens with zero attached hydrogens (tertiary/aromatic N) is 2. The highest BCUT2D eigenvalue weighted by molar-refractivity contribution is 7.10. The predicted octanol–water partition coefficient (Wildman–Crippen LogP) is 3.89. The van der Waals surface area contributed by atoms with Crippen LogP contribution in [0.3, 0.4) is 0 Å². The lowest BCUT2D eigenvalue weighted by Crippen LogP contribution is -2.47. The zero-order valence-corrected chi connectivity index (χ0v) is 15.6. The molecule has 1 aromatic carbocycles. The maximum absolute atomic E-state index is 12.9. The van der Waals surface area contributed by atoms with Crippen molar-refractivity contribution in [2.75, 3.05) is 19.6 Å². The van der Waals surface area contributed by atoms with Crippen LogP contribution in [-0.4, -0.2) is 46.4 Å². The number of aromatic amines is 1. The van der Waals surface area contributed by atoms with Crippen LogP contribution >= 0.6 is 11.3 Å². The second kappa shape index (κ2) is 6.56. The van der Waals surface area contributed by atoms with E-state index in [0.29, 0.717) is 6.04 Å². The predicted molar refractivity (Wildman–Crippen MR) is 106 cm³/mol. The van der Waals surface area contributed by atoms with Crippen molar-refractivity contribution in [3.05, 3.63) is 57.9 Å². The van der Waals surface area contributed by atoms with Crippen LogP contribution in [0.15, 0.2) is 41.9 Å². The lowest BCUT2D eigenvalue weighted by molar-refractivity contribution is 0.0600. The van der Waals surface area contributed by atoms with Crippen LogP contribution in [-0.2, 0) is 13.0 Å². The number of nitrogens with one attached hydrogen (secondary N) is 1. The number of benzene rings is 1. The number of fused-ring (bicyclic) bond motifs is 2. The van der Waals surface area contributed by atoms with Gasteiger partial charge in [0.2, 0.25) is 0 Å². The molecule has 3 aromatic rings. The van der Waals surface area contributed by atoms with E-state index >= 15 is 0 Å². The van der Waals surface area contributed by atoms with Crippen LogP contribution in [0.4, 0.5) is 0 Å². The van der Waals surface area contributed by atoms with E-state index in [9.17, 15) is 4.79 Å². The Bertz CT molecular complexity index is 936. The zero-order valence-electron chi connectivity index (χ0n) is 14.8.